The molecule has 2 aromatic heterocycles. The van der Waals surface area contributed by atoms with Crippen molar-refractivity contribution >= 4 is 11.6 Å². The van der Waals surface area contributed by atoms with Crippen molar-refractivity contribution in [1.82, 2.24) is 15.1 Å². The molecule has 7 nitrogen and oxygen atoms in total. The van der Waals surface area contributed by atoms with E-state index in [0.717, 1.165) is 41.2 Å². The van der Waals surface area contributed by atoms with Crippen molar-refractivity contribution in [1.29, 1.82) is 0 Å². The van der Waals surface area contributed by atoms with E-state index in [9.17, 15) is 0 Å². The molecule has 0 unspecified atom stereocenters. The zero-order chi connectivity index (χ0) is 14.5. The van der Waals surface area contributed by atoms with Gasteiger partial charge in [-0.15, -0.1) is 0 Å². The molecule has 0 spiro atoms. The third kappa shape index (κ3) is 2.88. The van der Waals surface area contributed by atoms with Gasteiger partial charge in [0, 0.05) is 17.7 Å². The Bertz CT molecular complexity index is 561. The molecule has 2 heterocycles. The summed E-state index contributed by atoms with van der Waals surface area (Å²) in [5.74, 6) is 7.76. The molecule has 0 amide bonds. The molecule has 0 saturated carbocycles. The van der Waals surface area contributed by atoms with E-state index in [2.05, 4.69) is 32.8 Å². The van der Waals surface area contributed by atoms with Crippen LogP contribution in [0.1, 0.15) is 35.9 Å². The average molecular weight is 276 g/mol. The van der Waals surface area contributed by atoms with E-state index < -0.39 is 0 Å². The fourth-order valence-electron chi connectivity index (χ4n) is 2.10. The zero-order valence-electron chi connectivity index (χ0n) is 12.0. The molecule has 0 aliphatic heterocycles. The Morgan fingerprint density at radius 2 is 1.95 bits per heavy atom. The third-order valence-electron chi connectivity index (χ3n) is 3.20. The minimum absolute atomic E-state index is 0.610. The normalized spacial score (nSPS) is 10.6. The van der Waals surface area contributed by atoms with Gasteiger partial charge in [-0.05, 0) is 20.3 Å². The Labute approximate surface area is 117 Å². The van der Waals surface area contributed by atoms with Crippen LogP contribution in [0.2, 0.25) is 0 Å². The van der Waals surface area contributed by atoms with E-state index in [0.29, 0.717) is 12.4 Å². The molecule has 0 saturated heterocycles. The fourth-order valence-corrected chi connectivity index (χ4v) is 2.10. The highest BCUT2D eigenvalue weighted by Crippen LogP contribution is 2.22. The number of nitrogens with zero attached hydrogens (tertiary/aromatic N) is 3. The largest absolute Gasteiger partial charge is 0.365 e. The van der Waals surface area contributed by atoms with Crippen LogP contribution in [0.15, 0.2) is 10.9 Å². The summed E-state index contributed by atoms with van der Waals surface area (Å²) in [4.78, 5) is 8.43. The summed E-state index contributed by atoms with van der Waals surface area (Å²) in [5.41, 5.74) is 5.54. The second-order valence-corrected chi connectivity index (χ2v) is 4.60. The van der Waals surface area contributed by atoms with Crippen molar-refractivity contribution in [3.05, 3.63) is 28.9 Å². The van der Waals surface area contributed by atoms with Gasteiger partial charge in [-0.3, -0.25) is 0 Å². The Hall–Kier alpha value is -2.15. The maximum atomic E-state index is 5.50. The van der Waals surface area contributed by atoms with Gasteiger partial charge in [0.25, 0.3) is 0 Å². The number of anilines is 2. The van der Waals surface area contributed by atoms with Gasteiger partial charge in [-0.25, -0.2) is 15.8 Å². The van der Waals surface area contributed by atoms with Gasteiger partial charge in [-0.1, -0.05) is 18.5 Å². The molecule has 4 N–H and O–H groups in total. The van der Waals surface area contributed by atoms with Crippen molar-refractivity contribution < 1.29 is 4.52 Å². The van der Waals surface area contributed by atoms with E-state index in [1.54, 1.807) is 0 Å². The Balaban J connectivity index is 2.21. The van der Waals surface area contributed by atoms with Crippen LogP contribution in [0.3, 0.4) is 0 Å². The molecule has 2 rings (SSSR count). The molecule has 20 heavy (non-hydrogen) atoms. The number of nitrogens with two attached hydrogens (primary N) is 1. The van der Waals surface area contributed by atoms with Crippen LogP contribution in [0, 0.1) is 13.8 Å². The molecule has 0 aliphatic carbocycles. The van der Waals surface area contributed by atoms with Crippen molar-refractivity contribution in [2.24, 2.45) is 5.84 Å². The Morgan fingerprint density at radius 3 is 2.55 bits per heavy atom. The van der Waals surface area contributed by atoms with E-state index in [4.69, 9.17) is 10.4 Å². The standard InChI is InChI=1S/C13H20N6O/c1-4-5-10-12(16-7-17-13(10)18-14)15-6-11-8(2)19-20-9(11)3/h7H,4-6,14H2,1-3H3,(H2,15,16,17,18). The van der Waals surface area contributed by atoms with E-state index in [1.165, 1.54) is 6.33 Å². The van der Waals surface area contributed by atoms with Crippen LogP contribution >= 0.6 is 0 Å². The maximum Gasteiger partial charge on any atom is 0.148 e. The summed E-state index contributed by atoms with van der Waals surface area (Å²) in [5, 5.41) is 7.25. The summed E-state index contributed by atoms with van der Waals surface area (Å²) in [7, 11) is 0. The van der Waals surface area contributed by atoms with Crippen molar-refractivity contribution in [3.8, 4) is 0 Å². The first-order chi connectivity index (χ1) is 9.67. The molecular formula is C13H20N6O. The number of hydrazine groups is 1. The number of hydrogen-bond donors (Lipinski definition) is 3. The van der Waals surface area contributed by atoms with Gasteiger partial charge in [-0.2, -0.15) is 0 Å². The lowest BCUT2D eigenvalue weighted by molar-refractivity contribution is 0.392. The topological polar surface area (TPSA) is 102 Å². The molecule has 0 radical (unpaired) electrons. The van der Waals surface area contributed by atoms with E-state index in [-0.39, 0.29) is 0 Å². The van der Waals surface area contributed by atoms with Crippen LogP contribution in [0.4, 0.5) is 11.6 Å². The number of aromatic nitrogens is 3. The molecule has 0 atom stereocenters. The summed E-state index contributed by atoms with van der Waals surface area (Å²) < 4.78 is 5.15. The van der Waals surface area contributed by atoms with Crippen molar-refractivity contribution in [2.45, 2.75) is 40.2 Å². The molecule has 7 heteroatoms. The monoisotopic (exact) mass is 276 g/mol. The first kappa shape index (κ1) is 14.3. The van der Waals surface area contributed by atoms with Gasteiger partial charge in [0.05, 0.1) is 5.69 Å². The van der Waals surface area contributed by atoms with Crippen LogP contribution in [0.5, 0.6) is 0 Å². The lowest BCUT2D eigenvalue weighted by Gasteiger charge is -2.13. The zero-order valence-corrected chi connectivity index (χ0v) is 12.0. The maximum absolute atomic E-state index is 5.50. The lowest BCUT2D eigenvalue weighted by atomic mass is 10.1. The summed E-state index contributed by atoms with van der Waals surface area (Å²) in [6.45, 7) is 6.54. The Morgan fingerprint density at radius 1 is 1.20 bits per heavy atom. The SMILES string of the molecule is CCCc1c(NN)ncnc1NCc1c(C)noc1C. The molecule has 108 valence electrons. The highest BCUT2D eigenvalue weighted by atomic mass is 16.5. The Kier molecular flexibility index (Phi) is 4.52. The number of nitrogens with one attached hydrogen (secondary N) is 2. The highest BCUT2D eigenvalue weighted by molar-refractivity contribution is 5.57. The van der Waals surface area contributed by atoms with Crippen LogP contribution < -0.4 is 16.6 Å². The second kappa shape index (κ2) is 6.33. The van der Waals surface area contributed by atoms with E-state index in [1.807, 2.05) is 13.8 Å². The minimum Gasteiger partial charge on any atom is -0.365 e. The van der Waals surface area contributed by atoms with E-state index >= 15 is 0 Å². The van der Waals surface area contributed by atoms with Crippen LogP contribution in [-0.4, -0.2) is 15.1 Å². The summed E-state index contributed by atoms with van der Waals surface area (Å²) >= 11 is 0. The van der Waals surface area contributed by atoms with Crippen molar-refractivity contribution in [3.63, 3.8) is 0 Å². The van der Waals surface area contributed by atoms with Gasteiger partial charge in [0.2, 0.25) is 0 Å². The highest BCUT2D eigenvalue weighted by Gasteiger charge is 2.12. The number of rotatable bonds is 6. The average Bonchev–Trinajstić information content (AvgIpc) is 2.77. The van der Waals surface area contributed by atoms with Gasteiger partial charge < -0.3 is 15.3 Å². The van der Waals surface area contributed by atoms with Gasteiger partial charge >= 0.3 is 0 Å². The smallest absolute Gasteiger partial charge is 0.148 e. The quantitative estimate of drug-likeness (QED) is 0.547. The second-order valence-electron chi connectivity index (χ2n) is 4.60. The number of nitrogen functional groups attached to an aromatic ring is 1. The molecule has 0 aliphatic rings. The minimum atomic E-state index is 0.610. The molecule has 2 aromatic rings. The first-order valence-electron chi connectivity index (χ1n) is 6.63. The fraction of sp³-hybridized carbons (Fsp3) is 0.462. The third-order valence-corrected chi connectivity index (χ3v) is 3.20. The lowest BCUT2D eigenvalue weighted by Crippen LogP contribution is -2.14. The van der Waals surface area contributed by atoms with Crippen LogP contribution in [0.25, 0.3) is 0 Å². The summed E-state index contributed by atoms with van der Waals surface area (Å²) in [6.07, 6.45) is 3.33. The molecule has 0 fully saturated rings. The molecule has 0 bridgehead atoms. The van der Waals surface area contributed by atoms with Gasteiger partial charge in [0.15, 0.2) is 0 Å². The predicted molar refractivity (Wildman–Crippen MR) is 77.1 cm³/mol. The van der Waals surface area contributed by atoms with Crippen molar-refractivity contribution in [2.75, 3.05) is 10.7 Å². The number of aryl methyl sites for hydroxylation is 2. The van der Waals surface area contributed by atoms with Gasteiger partial charge in [0.1, 0.15) is 23.7 Å². The first-order valence-corrected chi connectivity index (χ1v) is 6.63. The number of hydrogen-bond acceptors (Lipinski definition) is 7. The molecule has 0 aromatic carbocycles. The predicted octanol–water partition coefficient (Wildman–Crippen LogP) is 1.93. The van der Waals surface area contributed by atoms with Crippen LogP contribution in [-0.2, 0) is 13.0 Å². The summed E-state index contributed by atoms with van der Waals surface area (Å²) in [6, 6.07) is 0. The molecular weight excluding hydrogens is 256 g/mol.